The van der Waals surface area contributed by atoms with Crippen LogP contribution in [-0.4, -0.2) is 50.8 Å². The molecule has 1 radical (unpaired) electrons. The Morgan fingerprint density at radius 2 is 1.95 bits per heavy atom. The van der Waals surface area contributed by atoms with Crippen molar-refractivity contribution in [3.8, 4) is 11.8 Å². The molecule has 0 atom stereocenters. The maximum atomic E-state index is 5.31. The molecule has 1 fully saturated rings. The summed E-state index contributed by atoms with van der Waals surface area (Å²) in [5, 5.41) is 3.35. The van der Waals surface area contributed by atoms with Gasteiger partial charge in [-0.15, -0.1) is 0 Å². The van der Waals surface area contributed by atoms with Crippen molar-refractivity contribution >= 4 is 0 Å². The number of morpholine rings is 1. The van der Waals surface area contributed by atoms with Gasteiger partial charge in [-0.05, 0) is 24.6 Å². The molecule has 0 unspecified atom stereocenters. The van der Waals surface area contributed by atoms with Crippen LogP contribution in [0.2, 0.25) is 0 Å². The molecule has 0 spiro atoms. The normalized spacial score (nSPS) is 15.8. The summed E-state index contributed by atoms with van der Waals surface area (Å²) in [5.41, 5.74) is 2.07. The zero-order chi connectivity index (χ0) is 13.3. The summed E-state index contributed by atoms with van der Waals surface area (Å²) >= 11 is 0. The average molecular weight is 257 g/mol. The lowest BCUT2D eigenvalue weighted by molar-refractivity contribution is 0.0385. The highest BCUT2D eigenvalue weighted by Crippen LogP contribution is 2.00. The van der Waals surface area contributed by atoms with E-state index in [9.17, 15) is 0 Å². The number of nitrogens with zero attached hydrogens (tertiary/aromatic N) is 1. The first kappa shape index (κ1) is 14.1. The van der Waals surface area contributed by atoms with Gasteiger partial charge in [0.05, 0.1) is 19.8 Å². The first-order chi connectivity index (χ1) is 9.34. The third kappa shape index (κ3) is 5.44. The lowest BCUT2D eigenvalue weighted by atomic mass is 10.2. The molecule has 1 aliphatic heterocycles. The van der Waals surface area contributed by atoms with E-state index in [1.54, 1.807) is 0 Å². The molecule has 1 aromatic carbocycles. The molecule has 3 nitrogen and oxygen atoms in total. The minimum atomic E-state index is 0.733. The van der Waals surface area contributed by atoms with Gasteiger partial charge in [0.25, 0.3) is 0 Å². The van der Waals surface area contributed by atoms with Crippen LogP contribution in [0.4, 0.5) is 0 Å². The molecule has 1 saturated heterocycles. The third-order valence-electron chi connectivity index (χ3n) is 3.11. The molecule has 19 heavy (non-hydrogen) atoms. The first-order valence-corrected chi connectivity index (χ1v) is 6.76. The molecule has 0 amide bonds. The van der Waals surface area contributed by atoms with E-state index in [0.717, 1.165) is 57.1 Å². The van der Waals surface area contributed by atoms with Crippen molar-refractivity contribution in [1.29, 1.82) is 0 Å². The largest absolute Gasteiger partial charge is 0.379 e. The number of rotatable bonds is 4. The minimum absolute atomic E-state index is 0.733. The van der Waals surface area contributed by atoms with Crippen LogP contribution < -0.4 is 5.32 Å². The Balaban J connectivity index is 1.60. The van der Waals surface area contributed by atoms with Gasteiger partial charge >= 0.3 is 0 Å². The predicted octanol–water partition coefficient (Wildman–Crippen LogP) is 1.14. The second-order valence-electron chi connectivity index (χ2n) is 4.63. The van der Waals surface area contributed by atoms with Crippen LogP contribution in [-0.2, 0) is 4.74 Å². The van der Waals surface area contributed by atoms with Crippen molar-refractivity contribution in [3.05, 3.63) is 42.3 Å². The van der Waals surface area contributed by atoms with E-state index in [0.29, 0.717) is 0 Å². The molecule has 3 heteroatoms. The Morgan fingerprint density at radius 1 is 1.21 bits per heavy atom. The van der Waals surface area contributed by atoms with Crippen LogP contribution in [0.25, 0.3) is 0 Å². The summed E-state index contributed by atoms with van der Waals surface area (Å²) < 4.78 is 5.31. The van der Waals surface area contributed by atoms with Crippen molar-refractivity contribution in [3.63, 3.8) is 0 Å². The Kier molecular flexibility index (Phi) is 5.90. The van der Waals surface area contributed by atoms with E-state index < -0.39 is 0 Å². The minimum Gasteiger partial charge on any atom is -0.379 e. The fourth-order valence-corrected chi connectivity index (χ4v) is 1.95. The fraction of sp³-hybridized carbons (Fsp3) is 0.438. The molecule has 0 saturated carbocycles. The van der Waals surface area contributed by atoms with Crippen molar-refractivity contribution in [1.82, 2.24) is 10.2 Å². The molecule has 0 bridgehead atoms. The Hall–Kier alpha value is -1.34. The van der Waals surface area contributed by atoms with E-state index in [1.165, 1.54) is 0 Å². The van der Waals surface area contributed by atoms with Crippen LogP contribution in [0.3, 0.4) is 0 Å². The second kappa shape index (κ2) is 7.96. The van der Waals surface area contributed by atoms with Gasteiger partial charge in [0.1, 0.15) is 0 Å². The topological polar surface area (TPSA) is 24.5 Å². The van der Waals surface area contributed by atoms with Gasteiger partial charge in [-0.25, -0.2) is 0 Å². The second-order valence-corrected chi connectivity index (χ2v) is 4.63. The Bertz CT molecular complexity index is 424. The maximum absolute atomic E-state index is 5.31. The van der Waals surface area contributed by atoms with Crippen molar-refractivity contribution in [2.24, 2.45) is 0 Å². The van der Waals surface area contributed by atoms with Gasteiger partial charge in [-0.1, -0.05) is 24.0 Å². The molecule has 1 heterocycles. The molecular weight excluding hydrogens is 236 g/mol. The van der Waals surface area contributed by atoms with Gasteiger partial charge in [0.15, 0.2) is 0 Å². The quantitative estimate of drug-likeness (QED) is 0.647. The third-order valence-corrected chi connectivity index (χ3v) is 3.11. The van der Waals surface area contributed by atoms with Gasteiger partial charge < -0.3 is 10.1 Å². The van der Waals surface area contributed by atoms with Crippen molar-refractivity contribution < 1.29 is 4.74 Å². The average Bonchev–Trinajstić information content (AvgIpc) is 2.46. The molecular formula is C16H21N2O. The number of hydrogen-bond donors (Lipinski definition) is 1. The van der Waals surface area contributed by atoms with E-state index >= 15 is 0 Å². The molecule has 2 rings (SSSR count). The summed E-state index contributed by atoms with van der Waals surface area (Å²) in [6.45, 7) is 10.5. The van der Waals surface area contributed by atoms with Gasteiger partial charge in [0.2, 0.25) is 0 Å². The molecule has 1 aromatic rings. The Morgan fingerprint density at radius 3 is 2.68 bits per heavy atom. The molecule has 101 valence electrons. The molecule has 0 aliphatic carbocycles. The summed E-state index contributed by atoms with van der Waals surface area (Å²) in [6.07, 6.45) is 0. The SMILES string of the molecule is [CH2]c1ccc(C#CCNCCN2CCOCC2)cc1. The number of ether oxygens (including phenoxy) is 1. The van der Waals surface area contributed by atoms with Crippen LogP contribution >= 0.6 is 0 Å². The van der Waals surface area contributed by atoms with Crippen LogP contribution in [0.15, 0.2) is 24.3 Å². The monoisotopic (exact) mass is 257 g/mol. The van der Waals surface area contributed by atoms with Crippen molar-refractivity contribution in [2.75, 3.05) is 45.9 Å². The summed E-state index contributed by atoms with van der Waals surface area (Å²) in [7, 11) is 0. The lowest BCUT2D eigenvalue weighted by Gasteiger charge is -2.26. The Labute approximate surface area is 115 Å². The molecule has 0 aromatic heterocycles. The zero-order valence-corrected chi connectivity index (χ0v) is 11.3. The van der Waals surface area contributed by atoms with E-state index in [4.69, 9.17) is 4.74 Å². The predicted molar refractivity (Wildman–Crippen MR) is 77.9 cm³/mol. The summed E-state index contributed by atoms with van der Waals surface area (Å²) in [6, 6.07) is 7.97. The standard InChI is InChI=1S/C16H21N2O/c1-15-4-6-16(7-5-15)3-2-8-17-9-10-18-11-13-19-14-12-18/h4-7,17H,1,8-14H2. The number of hydrogen-bond acceptors (Lipinski definition) is 3. The lowest BCUT2D eigenvalue weighted by Crippen LogP contribution is -2.40. The smallest absolute Gasteiger partial charge is 0.0594 e. The molecule has 1 aliphatic rings. The summed E-state index contributed by atoms with van der Waals surface area (Å²) in [5.74, 6) is 6.27. The van der Waals surface area contributed by atoms with Crippen molar-refractivity contribution in [2.45, 2.75) is 0 Å². The van der Waals surface area contributed by atoms with E-state index in [1.807, 2.05) is 24.3 Å². The van der Waals surface area contributed by atoms with Crippen LogP contribution in [0.5, 0.6) is 0 Å². The zero-order valence-electron chi connectivity index (χ0n) is 11.3. The van der Waals surface area contributed by atoms with E-state index in [-0.39, 0.29) is 0 Å². The highest BCUT2D eigenvalue weighted by molar-refractivity contribution is 5.36. The van der Waals surface area contributed by atoms with Gasteiger partial charge in [-0.2, -0.15) is 0 Å². The van der Waals surface area contributed by atoms with Gasteiger partial charge in [-0.3, -0.25) is 4.90 Å². The highest BCUT2D eigenvalue weighted by Gasteiger charge is 2.08. The maximum Gasteiger partial charge on any atom is 0.0594 e. The van der Waals surface area contributed by atoms with Crippen LogP contribution in [0, 0.1) is 18.8 Å². The fourth-order valence-electron chi connectivity index (χ4n) is 1.95. The van der Waals surface area contributed by atoms with E-state index in [2.05, 4.69) is 29.0 Å². The van der Waals surface area contributed by atoms with Gasteiger partial charge in [0, 0.05) is 31.7 Å². The highest BCUT2D eigenvalue weighted by atomic mass is 16.5. The summed E-state index contributed by atoms with van der Waals surface area (Å²) in [4.78, 5) is 2.41. The van der Waals surface area contributed by atoms with Crippen LogP contribution in [0.1, 0.15) is 11.1 Å². The molecule has 1 N–H and O–H groups in total. The number of nitrogens with one attached hydrogen (secondary N) is 1. The number of benzene rings is 1. The first-order valence-electron chi connectivity index (χ1n) is 6.76.